The molecule has 0 unspecified atom stereocenters. The van der Waals surface area contributed by atoms with Crippen LogP contribution in [-0.4, -0.2) is 6.61 Å². The van der Waals surface area contributed by atoms with E-state index in [1.54, 1.807) is 0 Å². The molecule has 1 aromatic rings. The normalized spacial score (nSPS) is 28.2. The van der Waals surface area contributed by atoms with E-state index in [-0.39, 0.29) is 5.60 Å². The van der Waals surface area contributed by atoms with Crippen LogP contribution in [-0.2, 0) is 10.3 Å². The summed E-state index contributed by atoms with van der Waals surface area (Å²) in [6.45, 7) is 2.98. The van der Waals surface area contributed by atoms with E-state index >= 15 is 0 Å². The summed E-state index contributed by atoms with van der Waals surface area (Å²) in [5, 5.41) is 0.779. The molecule has 12 heavy (non-hydrogen) atoms. The zero-order valence-corrected chi connectivity index (χ0v) is 7.77. The molecule has 0 bridgehead atoms. The van der Waals surface area contributed by atoms with Gasteiger partial charge < -0.3 is 4.74 Å². The fourth-order valence-electron chi connectivity index (χ4n) is 1.44. The van der Waals surface area contributed by atoms with E-state index in [2.05, 4.69) is 6.92 Å². The fraction of sp³-hybridized carbons (Fsp3) is 0.400. The molecule has 0 aliphatic carbocycles. The molecule has 1 saturated heterocycles. The summed E-state index contributed by atoms with van der Waals surface area (Å²) >= 11 is 5.78. The first-order valence-electron chi connectivity index (χ1n) is 4.11. The first-order valence-corrected chi connectivity index (χ1v) is 4.48. The van der Waals surface area contributed by atoms with Gasteiger partial charge >= 0.3 is 0 Å². The van der Waals surface area contributed by atoms with E-state index < -0.39 is 0 Å². The number of ether oxygens (including phenoxy) is 1. The monoisotopic (exact) mass is 182 g/mol. The molecule has 1 aliphatic rings. The summed E-state index contributed by atoms with van der Waals surface area (Å²) in [6, 6.07) is 7.87. The van der Waals surface area contributed by atoms with Gasteiger partial charge in [-0.2, -0.15) is 0 Å². The van der Waals surface area contributed by atoms with E-state index in [1.165, 1.54) is 5.56 Å². The van der Waals surface area contributed by atoms with Gasteiger partial charge in [-0.15, -0.1) is 0 Å². The van der Waals surface area contributed by atoms with Gasteiger partial charge in [-0.3, -0.25) is 0 Å². The van der Waals surface area contributed by atoms with Crippen LogP contribution in [0.4, 0.5) is 0 Å². The Hall–Kier alpha value is -0.530. The molecule has 0 saturated carbocycles. The van der Waals surface area contributed by atoms with Crippen molar-refractivity contribution in [2.24, 2.45) is 0 Å². The highest BCUT2D eigenvalue weighted by Gasteiger charge is 2.34. The molecule has 0 aromatic heterocycles. The highest BCUT2D eigenvalue weighted by atomic mass is 35.5. The third kappa shape index (κ3) is 1.23. The third-order valence-corrected chi connectivity index (χ3v) is 2.71. The van der Waals surface area contributed by atoms with Crippen molar-refractivity contribution < 1.29 is 4.74 Å². The van der Waals surface area contributed by atoms with Crippen molar-refractivity contribution in [2.45, 2.75) is 18.9 Å². The maximum atomic E-state index is 5.78. The Labute approximate surface area is 77.3 Å². The van der Waals surface area contributed by atoms with Crippen LogP contribution in [0.15, 0.2) is 24.3 Å². The van der Waals surface area contributed by atoms with Gasteiger partial charge in [-0.25, -0.2) is 0 Å². The van der Waals surface area contributed by atoms with Crippen molar-refractivity contribution >= 4 is 11.6 Å². The van der Waals surface area contributed by atoms with Gasteiger partial charge in [0.1, 0.15) is 0 Å². The molecule has 0 radical (unpaired) electrons. The second-order valence-electron chi connectivity index (χ2n) is 3.34. The van der Waals surface area contributed by atoms with Gasteiger partial charge in [-0.1, -0.05) is 23.7 Å². The highest BCUT2D eigenvalue weighted by Crippen LogP contribution is 2.36. The standard InChI is InChI=1S/C10H11ClO/c1-10(6-7-12-10)8-2-4-9(11)5-3-8/h2-5H,6-7H2,1H3/t10-/m1/s1. The number of rotatable bonds is 1. The molecule has 2 heteroatoms. The van der Waals surface area contributed by atoms with Crippen LogP contribution in [0.25, 0.3) is 0 Å². The summed E-state index contributed by atoms with van der Waals surface area (Å²) in [6.07, 6.45) is 1.11. The van der Waals surface area contributed by atoms with E-state index in [9.17, 15) is 0 Å². The maximum absolute atomic E-state index is 5.78. The Morgan fingerprint density at radius 3 is 2.33 bits per heavy atom. The molecule has 64 valence electrons. The average molecular weight is 183 g/mol. The van der Waals surface area contributed by atoms with Crippen molar-refractivity contribution in [3.63, 3.8) is 0 Å². The molecule has 1 nitrogen and oxygen atoms in total. The summed E-state index contributed by atoms with van der Waals surface area (Å²) in [5.74, 6) is 0. The molecular formula is C10H11ClO. The lowest BCUT2D eigenvalue weighted by atomic mass is 9.89. The maximum Gasteiger partial charge on any atom is 0.0925 e. The van der Waals surface area contributed by atoms with Gasteiger partial charge in [-0.05, 0) is 24.6 Å². The van der Waals surface area contributed by atoms with E-state index in [1.807, 2.05) is 24.3 Å². The zero-order chi connectivity index (χ0) is 8.60. The summed E-state index contributed by atoms with van der Waals surface area (Å²) in [7, 11) is 0. The number of hydrogen-bond acceptors (Lipinski definition) is 1. The molecule has 1 heterocycles. The molecule has 1 fully saturated rings. The van der Waals surface area contributed by atoms with Crippen LogP contribution in [0.5, 0.6) is 0 Å². The third-order valence-electron chi connectivity index (χ3n) is 2.45. The van der Waals surface area contributed by atoms with E-state index in [0.29, 0.717) is 0 Å². The first-order chi connectivity index (χ1) is 5.71. The summed E-state index contributed by atoms with van der Waals surface area (Å²) in [5.41, 5.74) is 1.17. The minimum atomic E-state index is -0.0510. The summed E-state index contributed by atoms with van der Waals surface area (Å²) in [4.78, 5) is 0. The molecule has 1 atom stereocenters. The topological polar surface area (TPSA) is 9.23 Å². The Kier molecular flexibility index (Phi) is 1.85. The van der Waals surface area contributed by atoms with Crippen LogP contribution >= 0.6 is 11.6 Å². The van der Waals surface area contributed by atoms with Crippen molar-refractivity contribution in [1.82, 2.24) is 0 Å². The first kappa shape index (κ1) is 8.09. The van der Waals surface area contributed by atoms with Gasteiger partial charge in [0.05, 0.1) is 12.2 Å². The molecule has 0 N–H and O–H groups in total. The van der Waals surface area contributed by atoms with E-state index in [4.69, 9.17) is 16.3 Å². The lowest BCUT2D eigenvalue weighted by Gasteiger charge is -2.39. The highest BCUT2D eigenvalue weighted by molar-refractivity contribution is 6.30. The quantitative estimate of drug-likeness (QED) is 0.649. The lowest BCUT2D eigenvalue weighted by Crippen LogP contribution is -2.37. The van der Waals surface area contributed by atoms with Crippen molar-refractivity contribution in [3.05, 3.63) is 34.9 Å². The molecule has 1 aliphatic heterocycles. The number of benzene rings is 1. The molecule has 1 aromatic carbocycles. The predicted octanol–water partition coefficient (Wildman–Crippen LogP) is 2.98. The zero-order valence-electron chi connectivity index (χ0n) is 7.01. The van der Waals surface area contributed by atoms with Crippen LogP contribution in [0, 0.1) is 0 Å². The van der Waals surface area contributed by atoms with Crippen LogP contribution in [0.2, 0.25) is 5.02 Å². The number of halogens is 1. The average Bonchev–Trinajstić information content (AvgIpc) is 2.02. The molecule has 0 amide bonds. The Bertz CT molecular complexity index is 274. The molecule has 0 spiro atoms. The van der Waals surface area contributed by atoms with Gasteiger partial charge in [0.25, 0.3) is 0 Å². The summed E-state index contributed by atoms with van der Waals surface area (Å²) < 4.78 is 5.50. The Morgan fingerprint density at radius 2 is 1.92 bits per heavy atom. The lowest BCUT2D eigenvalue weighted by molar-refractivity contribution is -0.140. The Morgan fingerprint density at radius 1 is 1.33 bits per heavy atom. The van der Waals surface area contributed by atoms with Crippen LogP contribution in [0.3, 0.4) is 0 Å². The van der Waals surface area contributed by atoms with Gasteiger partial charge in [0.2, 0.25) is 0 Å². The van der Waals surface area contributed by atoms with Gasteiger partial charge in [0, 0.05) is 11.4 Å². The molecular weight excluding hydrogens is 172 g/mol. The fourth-order valence-corrected chi connectivity index (χ4v) is 1.56. The minimum Gasteiger partial charge on any atom is -0.370 e. The van der Waals surface area contributed by atoms with Gasteiger partial charge in [0.15, 0.2) is 0 Å². The van der Waals surface area contributed by atoms with Crippen molar-refractivity contribution in [1.29, 1.82) is 0 Å². The Balaban J connectivity index is 2.28. The number of hydrogen-bond donors (Lipinski definition) is 0. The smallest absolute Gasteiger partial charge is 0.0925 e. The van der Waals surface area contributed by atoms with Crippen LogP contribution in [0.1, 0.15) is 18.9 Å². The van der Waals surface area contributed by atoms with E-state index in [0.717, 1.165) is 18.1 Å². The molecule has 2 rings (SSSR count). The van der Waals surface area contributed by atoms with Crippen molar-refractivity contribution in [3.8, 4) is 0 Å². The largest absolute Gasteiger partial charge is 0.370 e. The second-order valence-corrected chi connectivity index (χ2v) is 3.77. The second kappa shape index (κ2) is 2.75. The minimum absolute atomic E-state index is 0.0510. The van der Waals surface area contributed by atoms with Crippen molar-refractivity contribution in [2.75, 3.05) is 6.61 Å². The van der Waals surface area contributed by atoms with Crippen LogP contribution < -0.4 is 0 Å². The SMILES string of the molecule is C[C@]1(c2ccc(Cl)cc2)CCO1. The predicted molar refractivity (Wildman–Crippen MR) is 49.4 cm³/mol.